The van der Waals surface area contributed by atoms with Crippen molar-refractivity contribution in [2.24, 2.45) is 0 Å². The Morgan fingerprint density at radius 1 is 1.64 bits per heavy atom. The molecule has 0 bridgehead atoms. The van der Waals surface area contributed by atoms with Crippen molar-refractivity contribution >= 4 is 5.78 Å². The smallest absolute Gasteiger partial charge is 0.203 e. The van der Waals surface area contributed by atoms with Crippen molar-refractivity contribution in [2.45, 2.75) is 12.5 Å². The molecule has 0 saturated heterocycles. The highest BCUT2D eigenvalue weighted by atomic mass is 16.5. The average Bonchev–Trinajstić information content (AvgIpc) is 2.11. The van der Waals surface area contributed by atoms with Gasteiger partial charge in [0, 0.05) is 12.6 Å². The van der Waals surface area contributed by atoms with Gasteiger partial charge in [-0.2, -0.15) is 0 Å². The van der Waals surface area contributed by atoms with E-state index in [2.05, 4.69) is 0 Å². The van der Waals surface area contributed by atoms with Crippen LogP contribution in [-0.4, -0.2) is 36.9 Å². The van der Waals surface area contributed by atoms with Gasteiger partial charge < -0.3 is 9.64 Å². The first-order valence-electron chi connectivity index (χ1n) is 3.58. The normalized spacial score (nSPS) is 29.6. The Labute approximate surface area is 66.6 Å². The third-order valence-electron chi connectivity index (χ3n) is 1.69. The van der Waals surface area contributed by atoms with Gasteiger partial charge in [-0.1, -0.05) is 0 Å². The third kappa shape index (κ3) is 1.60. The van der Waals surface area contributed by atoms with Crippen molar-refractivity contribution in [3.05, 3.63) is 12.3 Å². The summed E-state index contributed by atoms with van der Waals surface area (Å²) in [4.78, 5) is 13.1. The van der Waals surface area contributed by atoms with Gasteiger partial charge in [0.1, 0.15) is 0 Å². The predicted molar refractivity (Wildman–Crippen MR) is 42.2 cm³/mol. The Morgan fingerprint density at radius 2 is 2.27 bits per heavy atom. The topological polar surface area (TPSA) is 29.5 Å². The first kappa shape index (κ1) is 8.27. The number of nitrogens with zero attached hydrogens (tertiary/aromatic N) is 1. The number of rotatable bonds is 2. The largest absolute Gasteiger partial charge is 0.486 e. The predicted octanol–water partition coefficient (Wildman–Crippen LogP) is 0.420. The van der Waals surface area contributed by atoms with Gasteiger partial charge in [0.2, 0.25) is 5.78 Å². The molecule has 0 fully saturated rings. The molecule has 0 spiro atoms. The molecule has 1 heterocycles. The van der Waals surface area contributed by atoms with E-state index in [9.17, 15) is 4.79 Å². The van der Waals surface area contributed by atoms with Crippen LogP contribution in [-0.2, 0) is 9.53 Å². The van der Waals surface area contributed by atoms with Crippen LogP contribution in [0.4, 0.5) is 0 Å². The molecule has 0 aromatic rings. The molecule has 0 N–H and O–H groups in total. The van der Waals surface area contributed by atoms with Gasteiger partial charge in [-0.15, -0.1) is 0 Å². The molecule has 0 aromatic carbocycles. The lowest BCUT2D eigenvalue weighted by Crippen LogP contribution is -2.42. The first-order chi connectivity index (χ1) is 5.04. The Bertz CT molecular complexity index is 198. The fraction of sp³-hybridized carbons (Fsp3) is 0.625. The second-order valence-corrected chi connectivity index (χ2v) is 3.25. The number of ether oxygens (including phenoxy) is 1. The molecule has 0 amide bonds. The minimum absolute atomic E-state index is 0.0474. The molecule has 1 rings (SSSR count). The number of carbonyl (C=O) groups is 1. The Kier molecular flexibility index (Phi) is 2.00. The summed E-state index contributed by atoms with van der Waals surface area (Å²) < 4.78 is 5.19. The maximum absolute atomic E-state index is 11.2. The van der Waals surface area contributed by atoms with E-state index in [1.54, 1.807) is 6.92 Å². The highest BCUT2D eigenvalue weighted by molar-refractivity contribution is 5.98. The van der Waals surface area contributed by atoms with Crippen molar-refractivity contribution in [2.75, 3.05) is 20.6 Å². The number of ketones is 1. The van der Waals surface area contributed by atoms with Gasteiger partial charge >= 0.3 is 0 Å². The van der Waals surface area contributed by atoms with Crippen LogP contribution in [0.2, 0.25) is 0 Å². The molecule has 0 radical (unpaired) electrons. The molecule has 3 nitrogen and oxygen atoms in total. The zero-order valence-electron chi connectivity index (χ0n) is 7.13. The minimum atomic E-state index is -0.649. The van der Waals surface area contributed by atoms with E-state index >= 15 is 0 Å². The van der Waals surface area contributed by atoms with Gasteiger partial charge in [0.25, 0.3) is 0 Å². The highest BCUT2D eigenvalue weighted by Crippen LogP contribution is 2.19. The summed E-state index contributed by atoms with van der Waals surface area (Å²) in [6, 6.07) is 0. The minimum Gasteiger partial charge on any atom is -0.486 e. The summed E-state index contributed by atoms with van der Waals surface area (Å²) in [5, 5.41) is 0. The summed E-state index contributed by atoms with van der Waals surface area (Å²) in [6.07, 6.45) is 2.94. The Morgan fingerprint density at radius 3 is 2.64 bits per heavy atom. The summed E-state index contributed by atoms with van der Waals surface area (Å²) in [6.45, 7) is 2.42. The molecule has 62 valence electrons. The van der Waals surface area contributed by atoms with Gasteiger partial charge in [0.15, 0.2) is 5.60 Å². The lowest BCUT2D eigenvalue weighted by atomic mass is 10.0. The molecule has 1 aliphatic rings. The fourth-order valence-corrected chi connectivity index (χ4v) is 1.20. The van der Waals surface area contributed by atoms with Crippen LogP contribution in [0.15, 0.2) is 12.3 Å². The third-order valence-corrected chi connectivity index (χ3v) is 1.69. The molecule has 3 heteroatoms. The standard InChI is InChI=1S/C8H13NO2/c1-8(6-9(2)3)7(10)4-5-11-8/h4-5H,6H2,1-3H3. The van der Waals surface area contributed by atoms with Crippen LogP contribution < -0.4 is 0 Å². The number of hydrogen-bond donors (Lipinski definition) is 0. The van der Waals surface area contributed by atoms with E-state index in [0.29, 0.717) is 6.54 Å². The lowest BCUT2D eigenvalue weighted by molar-refractivity contribution is -0.128. The van der Waals surface area contributed by atoms with Crippen LogP contribution in [0.25, 0.3) is 0 Å². The zero-order chi connectivity index (χ0) is 8.48. The Hall–Kier alpha value is -0.830. The van der Waals surface area contributed by atoms with Crippen LogP contribution in [0.1, 0.15) is 6.92 Å². The average molecular weight is 155 g/mol. The van der Waals surface area contributed by atoms with Crippen LogP contribution in [0.5, 0.6) is 0 Å². The molecule has 1 unspecified atom stereocenters. The lowest BCUT2D eigenvalue weighted by Gasteiger charge is -2.25. The number of hydrogen-bond acceptors (Lipinski definition) is 3. The van der Waals surface area contributed by atoms with E-state index in [1.165, 1.54) is 12.3 Å². The molecule has 1 aliphatic heterocycles. The molecular formula is C8H13NO2. The summed E-state index contributed by atoms with van der Waals surface area (Å²) in [5.74, 6) is 0.0474. The Balaban J connectivity index is 2.62. The maximum Gasteiger partial charge on any atom is 0.203 e. The fourth-order valence-electron chi connectivity index (χ4n) is 1.20. The number of likely N-dealkylation sites (N-methyl/N-ethyl adjacent to an activating group) is 1. The van der Waals surface area contributed by atoms with Gasteiger partial charge in [-0.25, -0.2) is 0 Å². The van der Waals surface area contributed by atoms with Gasteiger partial charge in [-0.05, 0) is 21.0 Å². The van der Waals surface area contributed by atoms with E-state index in [4.69, 9.17) is 4.74 Å². The van der Waals surface area contributed by atoms with Crippen LogP contribution in [0.3, 0.4) is 0 Å². The van der Waals surface area contributed by atoms with E-state index in [-0.39, 0.29) is 5.78 Å². The highest BCUT2D eigenvalue weighted by Gasteiger charge is 2.36. The molecule has 0 aromatic heterocycles. The van der Waals surface area contributed by atoms with E-state index in [0.717, 1.165) is 0 Å². The second kappa shape index (κ2) is 2.66. The van der Waals surface area contributed by atoms with Crippen molar-refractivity contribution in [1.29, 1.82) is 0 Å². The van der Waals surface area contributed by atoms with Crippen molar-refractivity contribution in [3.8, 4) is 0 Å². The zero-order valence-corrected chi connectivity index (χ0v) is 7.13. The molecule has 1 atom stereocenters. The van der Waals surface area contributed by atoms with Crippen molar-refractivity contribution in [1.82, 2.24) is 4.90 Å². The molecular weight excluding hydrogens is 142 g/mol. The second-order valence-electron chi connectivity index (χ2n) is 3.25. The van der Waals surface area contributed by atoms with E-state index in [1.807, 2.05) is 19.0 Å². The molecule has 11 heavy (non-hydrogen) atoms. The summed E-state index contributed by atoms with van der Waals surface area (Å²) in [5.41, 5.74) is -0.649. The van der Waals surface area contributed by atoms with Crippen LogP contribution in [0, 0.1) is 0 Å². The van der Waals surface area contributed by atoms with Gasteiger partial charge in [0.05, 0.1) is 6.26 Å². The quantitative estimate of drug-likeness (QED) is 0.578. The first-order valence-corrected chi connectivity index (χ1v) is 3.58. The SMILES string of the molecule is CN(C)CC1(C)OC=CC1=O. The van der Waals surface area contributed by atoms with Crippen molar-refractivity contribution < 1.29 is 9.53 Å². The summed E-state index contributed by atoms with van der Waals surface area (Å²) >= 11 is 0. The van der Waals surface area contributed by atoms with E-state index < -0.39 is 5.60 Å². The maximum atomic E-state index is 11.2. The molecule has 0 saturated carbocycles. The molecule has 0 aliphatic carbocycles. The monoisotopic (exact) mass is 155 g/mol. The van der Waals surface area contributed by atoms with Crippen molar-refractivity contribution in [3.63, 3.8) is 0 Å². The van der Waals surface area contributed by atoms with Gasteiger partial charge in [-0.3, -0.25) is 4.79 Å². The van der Waals surface area contributed by atoms with Crippen LogP contribution >= 0.6 is 0 Å². The summed E-state index contributed by atoms with van der Waals surface area (Å²) in [7, 11) is 3.83. The number of carbonyl (C=O) groups excluding carboxylic acids is 1.